The Hall–Kier alpha value is -2.96. The van der Waals surface area contributed by atoms with Crippen LogP contribution in [-0.2, 0) is 12.8 Å². The molecule has 0 aliphatic carbocycles. The van der Waals surface area contributed by atoms with Crippen LogP contribution >= 0.6 is 0 Å². The first-order valence-electron chi connectivity index (χ1n) is 9.50. The van der Waals surface area contributed by atoms with Crippen LogP contribution in [0, 0.1) is 0 Å². The average molecular weight is 378 g/mol. The molecule has 6 heteroatoms. The zero-order valence-corrected chi connectivity index (χ0v) is 16.2. The number of fused-ring (bicyclic) bond motifs is 2. The Morgan fingerprint density at radius 3 is 2.36 bits per heavy atom. The van der Waals surface area contributed by atoms with Crippen molar-refractivity contribution in [2.45, 2.75) is 12.8 Å². The molecule has 0 aliphatic heterocycles. The second-order valence-electron chi connectivity index (χ2n) is 7.49. The molecule has 146 valence electrons. The van der Waals surface area contributed by atoms with Gasteiger partial charge in [0.15, 0.2) is 0 Å². The summed E-state index contributed by atoms with van der Waals surface area (Å²) in [7, 11) is 4.08. The summed E-state index contributed by atoms with van der Waals surface area (Å²) in [5.74, 6) is 0.479. The number of benzene rings is 2. The van der Waals surface area contributed by atoms with Crippen LogP contribution in [0.2, 0.25) is 0 Å². The number of aromatic hydroxyl groups is 2. The van der Waals surface area contributed by atoms with Crippen LogP contribution in [0.15, 0.2) is 36.7 Å². The summed E-state index contributed by atoms with van der Waals surface area (Å²) in [4.78, 5) is 8.65. The van der Waals surface area contributed by atoms with E-state index in [4.69, 9.17) is 5.73 Å². The first-order valence-corrected chi connectivity index (χ1v) is 9.50. The van der Waals surface area contributed by atoms with E-state index < -0.39 is 0 Å². The normalized spacial score (nSPS) is 11.9. The van der Waals surface area contributed by atoms with Crippen LogP contribution in [0.4, 0.5) is 0 Å². The highest BCUT2D eigenvalue weighted by atomic mass is 16.3. The van der Waals surface area contributed by atoms with Crippen molar-refractivity contribution in [1.29, 1.82) is 0 Å². The summed E-state index contributed by atoms with van der Waals surface area (Å²) in [6.07, 6.45) is 5.37. The molecule has 0 bridgehead atoms. The second kappa shape index (κ2) is 7.22. The van der Waals surface area contributed by atoms with Crippen LogP contribution in [0.5, 0.6) is 11.5 Å². The van der Waals surface area contributed by atoms with E-state index in [0.717, 1.165) is 57.0 Å². The third kappa shape index (κ3) is 3.00. The molecule has 0 saturated heterocycles. The Balaban J connectivity index is 1.89. The van der Waals surface area contributed by atoms with E-state index in [0.29, 0.717) is 13.0 Å². The van der Waals surface area contributed by atoms with Crippen LogP contribution in [-0.4, -0.2) is 52.3 Å². The van der Waals surface area contributed by atoms with Gasteiger partial charge in [-0.3, -0.25) is 0 Å². The third-order valence-corrected chi connectivity index (χ3v) is 5.33. The van der Waals surface area contributed by atoms with E-state index in [1.54, 1.807) is 6.07 Å². The first kappa shape index (κ1) is 18.4. The number of hydrogen-bond donors (Lipinski definition) is 5. The lowest BCUT2D eigenvalue weighted by molar-refractivity contribution is 0.414. The summed E-state index contributed by atoms with van der Waals surface area (Å²) in [6, 6.07) is 7.43. The van der Waals surface area contributed by atoms with E-state index in [-0.39, 0.29) is 11.5 Å². The lowest BCUT2D eigenvalue weighted by Gasteiger charge is -2.12. The zero-order valence-electron chi connectivity index (χ0n) is 16.2. The standard InChI is InChI=1S/C22H26N4O2/c1-26(2)10-8-14-11-24-17-5-3-16(22(28)19(14)17)15-4-6-18(27)20-13(7-9-23)12-25-21(15)20/h3-6,11-12,24-25,27-28H,7-10,23H2,1-2H3. The largest absolute Gasteiger partial charge is 0.507 e. The molecule has 2 aromatic heterocycles. The van der Waals surface area contributed by atoms with E-state index in [2.05, 4.69) is 14.9 Å². The van der Waals surface area contributed by atoms with Gasteiger partial charge in [0.1, 0.15) is 11.5 Å². The highest BCUT2D eigenvalue weighted by Gasteiger charge is 2.18. The fraction of sp³-hybridized carbons (Fsp3) is 0.273. The topological polar surface area (TPSA) is 101 Å². The van der Waals surface area contributed by atoms with Gasteiger partial charge < -0.3 is 30.8 Å². The Bertz CT molecular complexity index is 1140. The summed E-state index contributed by atoms with van der Waals surface area (Å²) in [5.41, 5.74) is 11.1. The maximum atomic E-state index is 11.1. The van der Waals surface area contributed by atoms with Gasteiger partial charge in [-0.2, -0.15) is 0 Å². The van der Waals surface area contributed by atoms with Crippen molar-refractivity contribution in [3.05, 3.63) is 47.8 Å². The summed E-state index contributed by atoms with van der Waals surface area (Å²) < 4.78 is 0. The number of nitrogens with zero attached hydrogens (tertiary/aromatic N) is 1. The Morgan fingerprint density at radius 2 is 1.61 bits per heavy atom. The minimum atomic E-state index is 0.220. The number of phenolic OH excluding ortho intramolecular Hbond substituents is 2. The van der Waals surface area contributed by atoms with E-state index in [9.17, 15) is 10.2 Å². The number of hydrogen-bond acceptors (Lipinski definition) is 4. The van der Waals surface area contributed by atoms with Crippen LogP contribution in [0.1, 0.15) is 11.1 Å². The number of H-pyrrole nitrogens is 2. The second-order valence-corrected chi connectivity index (χ2v) is 7.49. The predicted molar refractivity (Wildman–Crippen MR) is 114 cm³/mol. The van der Waals surface area contributed by atoms with Crippen molar-refractivity contribution in [3.8, 4) is 22.6 Å². The van der Waals surface area contributed by atoms with Crippen molar-refractivity contribution in [2.24, 2.45) is 5.73 Å². The van der Waals surface area contributed by atoms with Crippen molar-refractivity contribution in [1.82, 2.24) is 14.9 Å². The van der Waals surface area contributed by atoms with Crippen molar-refractivity contribution < 1.29 is 10.2 Å². The molecule has 2 aromatic carbocycles. The molecular formula is C22H26N4O2. The Labute approximate surface area is 163 Å². The van der Waals surface area contributed by atoms with Gasteiger partial charge in [-0.15, -0.1) is 0 Å². The van der Waals surface area contributed by atoms with Gasteiger partial charge in [0.05, 0.1) is 5.52 Å². The highest BCUT2D eigenvalue weighted by Crippen LogP contribution is 2.42. The highest BCUT2D eigenvalue weighted by molar-refractivity contribution is 6.04. The van der Waals surface area contributed by atoms with E-state index in [1.807, 2.05) is 44.7 Å². The minimum absolute atomic E-state index is 0.220. The van der Waals surface area contributed by atoms with Gasteiger partial charge in [0, 0.05) is 46.4 Å². The molecule has 0 amide bonds. The number of nitrogens with two attached hydrogens (primary N) is 1. The molecule has 0 saturated carbocycles. The average Bonchev–Trinajstić information content (AvgIpc) is 3.27. The third-order valence-electron chi connectivity index (χ3n) is 5.33. The Morgan fingerprint density at radius 1 is 0.893 bits per heavy atom. The number of aromatic amines is 2. The Kier molecular flexibility index (Phi) is 4.75. The quantitative estimate of drug-likeness (QED) is 0.355. The SMILES string of the molecule is CN(C)CCc1c[nH]c2ccc(-c3ccc(O)c4c(CCN)c[nH]c34)c(O)c12. The maximum Gasteiger partial charge on any atom is 0.133 e. The molecule has 4 rings (SSSR count). The van der Waals surface area contributed by atoms with Gasteiger partial charge >= 0.3 is 0 Å². The minimum Gasteiger partial charge on any atom is -0.507 e. The van der Waals surface area contributed by atoms with Gasteiger partial charge in [-0.1, -0.05) is 0 Å². The lowest BCUT2D eigenvalue weighted by Crippen LogP contribution is -2.14. The van der Waals surface area contributed by atoms with Gasteiger partial charge in [-0.05, 0) is 68.9 Å². The molecule has 28 heavy (non-hydrogen) atoms. The molecule has 0 atom stereocenters. The summed E-state index contributed by atoms with van der Waals surface area (Å²) >= 11 is 0. The van der Waals surface area contributed by atoms with Crippen LogP contribution < -0.4 is 5.73 Å². The molecule has 0 radical (unpaired) electrons. The molecule has 4 aromatic rings. The predicted octanol–water partition coefficient (Wildman–Crippen LogP) is 3.33. The molecule has 6 nitrogen and oxygen atoms in total. The number of likely N-dealkylation sites (N-methyl/N-ethyl adjacent to an activating group) is 1. The summed E-state index contributed by atoms with van der Waals surface area (Å²) in [6.45, 7) is 1.41. The monoisotopic (exact) mass is 378 g/mol. The lowest BCUT2D eigenvalue weighted by atomic mass is 9.97. The number of aromatic nitrogens is 2. The van der Waals surface area contributed by atoms with Gasteiger partial charge in [0.25, 0.3) is 0 Å². The number of nitrogens with one attached hydrogen (secondary N) is 2. The molecule has 0 aliphatic rings. The van der Waals surface area contributed by atoms with E-state index in [1.165, 1.54) is 0 Å². The summed E-state index contributed by atoms with van der Waals surface area (Å²) in [5, 5.41) is 23.2. The van der Waals surface area contributed by atoms with Crippen molar-refractivity contribution >= 4 is 21.8 Å². The zero-order chi connectivity index (χ0) is 19.8. The first-order chi connectivity index (χ1) is 13.5. The molecular weight excluding hydrogens is 352 g/mol. The van der Waals surface area contributed by atoms with Gasteiger partial charge in [0.2, 0.25) is 0 Å². The van der Waals surface area contributed by atoms with Crippen LogP contribution in [0.25, 0.3) is 32.9 Å². The fourth-order valence-electron chi connectivity index (χ4n) is 3.91. The van der Waals surface area contributed by atoms with Crippen molar-refractivity contribution in [2.75, 3.05) is 27.2 Å². The molecule has 0 spiro atoms. The maximum absolute atomic E-state index is 11.1. The number of phenols is 2. The smallest absolute Gasteiger partial charge is 0.133 e. The molecule has 0 unspecified atom stereocenters. The number of rotatable bonds is 6. The fourth-order valence-corrected chi connectivity index (χ4v) is 3.91. The van der Waals surface area contributed by atoms with Crippen LogP contribution in [0.3, 0.4) is 0 Å². The van der Waals surface area contributed by atoms with Crippen molar-refractivity contribution in [3.63, 3.8) is 0 Å². The van der Waals surface area contributed by atoms with E-state index >= 15 is 0 Å². The molecule has 0 fully saturated rings. The molecule has 6 N–H and O–H groups in total. The molecule has 2 heterocycles. The van der Waals surface area contributed by atoms with Gasteiger partial charge in [-0.25, -0.2) is 0 Å².